The Morgan fingerprint density at radius 1 is 1.36 bits per heavy atom. The average molecular weight is 470 g/mol. The molecule has 1 amide bonds. The lowest BCUT2D eigenvalue weighted by Crippen LogP contribution is -2.27. The number of methoxy groups -OCH3 is 2. The van der Waals surface area contributed by atoms with Gasteiger partial charge in [0.05, 0.1) is 47.9 Å². The number of halogens is 2. The fourth-order valence-electron chi connectivity index (χ4n) is 3.84. The first-order valence-corrected chi connectivity index (χ1v) is 10.4. The summed E-state index contributed by atoms with van der Waals surface area (Å²) in [6, 6.07) is 2.76. The third-order valence-electron chi connectivity index (χ3n) is 5.49. The maximum absolute atomic E-state index is 14.7. The summed E-state index contributed by atoms with van der Waals surface area (Å²) in [4.78, 5) is 17.8. The Morgan fingerprint density at radius 2 is 2.15 bits per heavy atom. The Hall–Kier alpha value is -3.77. The van der Waals surface area contributed by atoms with E-state index in [0.29, 0.717) is 46.9 Å². The number of likely N-dealkylation sites (tertiary alicyclic amines) is 1. The van der Waals surface area contributed by atoms with Gasteiger partial charge in [-0.15, -0.1) is 0 Å². The summed E-state index contributed by atoms with van der Waals surface area (Å²) >= 11 is 6.46. The number of amides is 1. The molecule has 3 heterocycles. The minimum Gasteiger partial charge on any atom is -0.497 e. The molecule has 0 spiro atoms. The number of nitrogens with two attached hydrogens (primary N) is 1. The number of ether oxygens (including phenoxy) is 2. The summed E-state index contributed by atoms with van der Waals surface area (Å²) in [5.74, 6) is 5.53. The van der Waals surface area contributed by atoms with Crippen LogP contribution in [0.3, 0.4) is 0 Å². The molecule has 1 saturated heterocycles. The molecule has 2 N–H and O–H groups in total. The van der Waals surface area contributed by atoms with Crippen molar-refractivity contribution in [3.05, 3.63) is 53.1 Å². The van der Waals surface area contributed by atoms with Crippen molar-refractivity contribution >= 4 is 34.2 Å². The van der Waals surface area contributed by atoms with E-state index in [9.17, 15) is 9.18 Å². The van der Waals surface area contributed by atoms with Crippen molar-refractivity contribution in [1.29, 1.82) is 0 Å². The molecule has 170 valence electrons. The SMILES string of the molecule is C=CC(=O)N1CC[C@H](n2nc(C#Cc3cc(OC)cc(OC)c3F)c3c(N)ncc(Cl)c32)C1. The zero-order valence-corrected chi connectivity index (χ0v) is 18.8. The van der Waals surface area contributed by atoms with Gasteiger partial charge in [0.1, 0.15) is 17.3 Å². The van der Waals surface area contributed by atoms with Crippen molar-refractivity contribution in [2.45, 2.75) is 12.5 Å². The molecular formula is C23H21ClFN5O3. The van der Waals surface area contributed by atoms with E-state index in [1.54, 1.807) is 9.58 Å². The number of nitrogen functional groups attached to an aromatic ring is 1. The number of hydrogen-bond acceptors (Lipinski definition) is 6. The van der Waals surface area contributed by atoms with Gasteiger partial charge in [-0.1, -0.05) is 24.1 Å². The second-order valence-corrected chi connectivity index (χ2v) is 7.79. The first kappa shape index (κ1) is 22.4. The quantitative estimate of drug-likeness (QED) is 0.466. The summed E-state index contributed by atoms with van der Waals surface area (Å²) in [5.41, 5.74) is 7.08. The lowest BCUT2D eigenvalue weighted by atomic mass is 10.1. The van der Waals surface area contributed by atoms with Gasteiger partial charge in [0.2, 0.25) is 5.91 Å². The molecule has 0 unspecified atom stereocenters. The fraction of sp³-hybridized carbons (Fsp3) is 0.261. The van der Waals surface area contributed by atoms with Gasteiger partial charge in [0.25, 0.3) is 0 Å². The van der Waals surface area contributed by atoms with Crippen molar-refractivity contribution in [2.24, 2.45) is 0 Å². The largest absolute Gasteiger partial charge is 0.497 e. The molecule has 10 heteroatoms. The first-order valence-electron chi connectivity index (χ1n) is 10.0. The van der Waals surface area contributed by atoms with E-state index >= 15 is 0 Å². The monoisotopic (exact) mass is 469 g/mol. The zero-order valence-electron chi connectivity index (χ0n) is 18.1. The maximum atomic E-state index is 14.7. The molecule has 0 radical (unpaired) electrons. The van der Waals surface area contributed by atoms with Crippen molar-refractivity contribution in [1.82, 2.24) is 19.7 Å². The molecule has 1 aliphatic rings. The van der Waals surface area contributed by atoms with Crippen LogP contribution in [0.5, 0.6) is 11.5 Å². The summed E-state index contributed by atoms with van der Waals surface area (Å²) in [6.45, 7) is 4.54. The zero-order chi connectivity index (χ0) is 23.7. The number of benzene rings is 1. The standard InChI is InChI=1S/C23H21ClFN5O3/c1-4-19(31)29-8-7-14(12-29)30-22-16(24)11-27-23(26)20(22)17(28-30)6-5-13-9-15(32-2)10-18(33-3)21(13)25/h4,9-11,14H,1,7-8,12H2,2-3H3,(H2,26,27)/t14-/m0/s1. The number of anilines is 1. The van der Waals surface area contributed by atoms with E-state index < -0.39 is 5.82 Å². The van der Waals surface area contributed by atoms with Crippen LogP contribution in [0.2, 0.25) is 5.02 Å². The van der Waals surface area contributed by atoms with Crippen LogP contribution in [0.15, 0.2) is 31.0 Å². The molecule has 1 aromatic carbocycles. The highest BCUT2D eigenvalue weighted by atomic mass is 35.5. The molecule has 33 heavy (non-hydrogen) atoms. The highest BCUT2D eigenvalue weighted by Gasteiger charge is 2.30. The molecule has 8 nitrogen and oxygen atoms in total. The van der Waals surface area contributed by atoms with E-state index in [1.165, 1.54) is 38.6 Å². The maximum Gasteiger partial charge on any atom is 0.246 e. The number of carbonyl (C=O) groups is 1. The molecule has 1 fully saturated rings. The van der Waals surface area contributed by atoms with Crippen molar-refractivity contribution in [3.8, 4) is 23.3 Å². The normalized spacial score (nSPS) is 15.3. The number of pyridine rings is 1. The highest BCUT2D eigenvalue weighted by Crippen LogP contribution is 2.34. The van der Waals surface area contributed by atoms with Crippen LogP contribution in [-0.4, -0.2) is 52.9 Å². The Bertz CT molecular complexity index is 1330. The smallest absolute Gasteiger partial charge is 0.246 e. The molecule has 1 atom stereocenters. The van der Waals surface area contributed by atoms with E-state index in [0.717, 1.165) is 0 Å². The van der Waals surface area contributed by atoms with Crippen LogP contribution in [-0.2, 0) is 4.79 Å². The average Bonchev–Trinajstić information content (AvgIpc) is 3.46. The second kappa shape index (κ2) is 9.00. The second-order valence-electron chi connectivity index (χ2n) is 7.38. The van der Waals surface area contributed by atoms with Gasteiger partial charge < -0.3 is 20.1 Å². The van der Waals surface area contributed by atoms with E-state index in [1.807, 2.05) is 0 Å². The predicted molar refractivity (Wildman–Crippen MR) is 123 cm³/mol. The predicted octanol–water partition coefficient (Wildman–Crippen LogP) is 3.18. The number of fused-ring (bicyclic) bond motifs is 1. The van der Waals surface area contributed by atoms with Crippen molar-refractivity contribution in [3.63, 3.8) is 0 Å². The summed E-state index contributed by atoms with van der Waals surface area (Å²) < 4.78 is 26.7. The van der Waals surface area contributed by atoms with Gasteiger partial charge in [-0.3, -0.25) is 9.48 Å². The van der Waals surface area contributed by atoms with E-state index in [4.69, 9.17) is 26.8 Å². The lowest BCUT2D eigenvalue weighted by Gasteiger charge is -2.15. The molecule has 2 aromatic heterocycles. The van der Waals surface area contributed by atoms with Crippen LogP contribution < -0.4 is 15.2 Å². The third kappa shape index (κ3) is 4.05. The molecule has 0 bridgehead atoms. The Kier molecular flexibility index (Phi) is 6.11. The molecule has 3 aromatic rings. The number of nitrogens with zero attached hydrogens (tertiary/aromatic N) is 4. The number of rotatable bonds is 4. The molecule has 4 rings (SSSR count). The molecular weight excluding hydrogens is 449 g/mol. The third-order valence-corrected chi connectivity index (χ3v) is 5.77. The van der Waals surface area contributed by atoms with E-state index in [2.05, 4.69) is 28.5 Å². The number of aromatic nitrogens is 3. The fourth-order valence-corrected chi connectivity index (χ4v) is 4.07. The lowest BCUT2D eigenvalue weighted by molar-refractivity contribution is -0.125. The Balaban J connectivity index is 1.83. The van der Waals surface area contributed by atoms with Gasteiger partial charge in [-0.2, -0.15) is 5.10 Å². The van der Waals surface area contributed by atoms with Gasteiger partial charge in [0.15, 0.2) is 11.6 Å². The summed E-state index contributed by atoms with van der Waals surface area (Å²) in [7, 11) is 2.83. The molecule has 1 aliphatic heterocycles. The molecule has 0 aliphatic carbocycles. The molecule has 0 saturated carbocycles. The number of hydrogen-bond donors (Lipinski definition) is 1. The van der Waals surface area contributed by atoms with Crippen molar-refractivity contribution < 1.29 is 18.7 Å². The Labute approximate surface area is 194 Å². The minimum absolute atomic E-state index is 0.0104. The van der Waals surface area contributed by atoms with Crippen molar-refractivity contribution in [2.75, 3.05) is 33.0 Å². The van der Waals surface area contributed by atoms with Crippen LogP contribution in [0.4, 0.5) is 10.2 Å². The van der Waals surface area contributed by atoms with Gasteiger partial charge in [0, 0.05) is 19.2 Å². The van der Waals surface area contributed by atoms with Gasteiger partial charge in [-0.05, 0) is 24.5 Å². The van der Waals surface area contributed by atoms with Crippen LogP contribution in [0, 0.1) is 17.7 Å². The van der Waals surface area contributed by atoms with Crippen LogP contribution >= 0.6 is 11.6 Å². The van der Waals surface area contributed by atoms with Gasteiger partial charge >= 0.3 is 0 Å². The highest BCUT2D eigenvalue weighted by molar-refractivity contribution is 6.35. The van der Waals surface area contributed by atoms with Gasteiger partial charge in [-0.25, -0.2) is 9.37 Å². The summed E-state index contributed by atoms with van der Waals surface area (Å²) in [6.07, 6.45) is 3.40. The van der Waals surface area contributed by atoms with Crippen LogP contribution in [0.1, 0.15) is 23.7 Å². The van der Waals surface area contributed by atoms with E-state index in [-0.39, 0.29) is 29.1 Å². The Morgan fingerprint density at radius 3 is 2.85 bits per heavy atom. The number of carbonyl (C=O) groups excluding carboxylic acids is 1. The first-order chi connectivity index (χ1) is 15.9. The topological polar surface area (TPSA) is 95.5 Å². The summed E-state index contributed by atoms with van der Waals surface area (Å²) in [5, 5.41) is 5.45. The minimum atomic E-state index is -0.618. The van der Waals surface area contributed by atoms with Crippen LogP contribution in [0.25, 0.3) is 10.9 Å².